The highest BCUT2D eigenvalue weighted by Gasteiger charge is 2.34. The highest BCUT2D eigenvalue weighted by atomic mass is 19.4. The van der Waals surface area contributed by atoms with Crippen molar-refractivity contribution in [2.45, 2.75) is 12.7 Å². The SMILES string of the molecule is NC(=O)c1cccc2c1c1cccc(F)c1n2Cc1ccc(F)cc1C(F)(F)F. The molecule has 0 bridgehead atoms. The normalized spacial score (nSPS) is 12.0. The second kappa shape index (κ2) is 6.58. The molecule has 1 amide bonds. The lowest BCUT2D eigenvalue weighted by atomic mass is 10.1. The number of fused-ring (bicyclic) bond motifs is 3. The van der Waals surface area contributed by atoms with Gasteiger partial charge < -0.3 is 10.3 Å². The Bertz CT molecular complexity index is 1270. The molecule has 0 unspecified atom stereocenters. The maximum atomic E-state index is 14.7. The summed E-state index contributed by atoms with van der Waals surface area (Å²) in [5.41, 5.74) is 4.57. The summed E-state index contributed by atoms with van der Waals surface area (Å²) in [7, 11) is 0. The first-order valence-electron chi connectivity index (χ1n) is 8.53. The highest BCUT2D eigenvalue weighted by molar-refractivity contribution is 6.17. The van der Waals surface area contributed by atoms with Crippen molar-refractivity contribution >= 4 is 27.7 Å². The second-order valence-corrected chi connectivity index (χ2v) is 6.59. The molecule has 8 heteroatoms. The van der Waals surface area contributed by atoms with Gasteiger partial charge in [-0.25, -0.2) is 8.78 Å². The van der Waals surface area contributed by atoms with Crippen LogP contribution < -0.4 is 5.73 Å². The average molecular weight is 404 g/mol. The molecule has 1 heterocycles. The molecule has 0 saturated carbocycles. The van der Waals surface area contributed by atoms with E-state index in [-0.39, 0.29) is 23.2 Å². The van der Waals surface area contributed by atoms with E-state index in [0.29, 0.717) is 22.4 Å². The Morgan fingerprint density at radius 3 is 2.41 bits per heavy atom. The molecule has 1 aromatic heterocycles. The molecule has 148 valence electrons. The number of benzene rings is 3. The average Bonchev–Trinajstić information content (AvgIpc) is 2.97. The van der Waals surface area contributed by atoms with Crippen LogP contribution in [0.5, 0.6) is 0 Å². The van der Waals surface area contributed by atoms with Gasteiger partial charge in [-0.2, -0.15) is 13.2 Å². The molecule has 3 aromatic carbocycles. The first-order chi connectivity index (χ1) is 13.7. The summed E-state index contributed by atoms with van der Waals surface area (Å²) in [4.78, 5) is 11.9. The molecule has 2 N–H and O–H groups in total. The maximum Gasteiger partial charge on any atom is 0.416 e. The van der Waals surface area contributed by atoms with Gasteiger partial charge in [0.05, 0.1) is 16.6 Å². The lowest BCUT2D eigenvalue weighted by Crippen LogP contribution is -2.13. The van der Waals surface area contributed by atoms with E-state index >= 15 is 0 Å². The number of carbonyl (C=O) groups excluding carboxylic acids is 1. The van der Waals surface area contributed by atoms with Crippen molar-refractivity contribution in [2.75, 3.05) is 0 Å². The number of nitrogens with zero attached hydrogens (tertiary/aromatic N) is 1. The fraction of sp³-hybridized carbons (Fsp3) is 0.0952. The summed E-state index contributed by atoms with van der Waals surface area (Å²) in [6.45, 7) is -0.377. The van der Waals surface area contributed by atoms with Gasteiger partial charge in [0, 0.05) is 22.9 Å². The standard InChI is InChI=1S/C21H13F5N2O/c22-12-8-7-11(15(9-12)21(24,25)26)10-28-17-6-2-4-14(20(27)29)18(17)13-3-1-5-16(23)19(13)28/h1-9H,10H2,(H2,27,29). The Hall–Kier alpha value is -3.42. The third kappa shape index (κ3) is 3.10. The van der Waals surface area contributed by atoms with Crippen molar-refractivity contribution in [3.8, 4) is 0 Å². The predicted octanol–water partition coefficient (Wildman–Crippen LogP) is 5.24. The third-order valence-corrected chi connectivity index (χ3v) is 4.83. The first-order valence-corrected chi connectivity index (χ1v) is 8.53. The summed E-state index contributed by atoms with van der Waals surface area (Å²) in [5.74, 6) is -2.42. The van der Waals surface area contributed by atoms with Gasteiger partial charge in [0.1, 0.15) is 11.6 Å². The lowest BCUT2D eigenvalue weighted by molar-refractivity contribution is -0.138. The molecule has 0 aliphatic carbocycles. The summed E-state index contributed by atoms with van der Waals surface area (Å²) >= 11 is 0. The van der Waals surface area contributed by atoms with Crippen molar-refractivity contribution in [2.24, 2.45) is 5.73 Å². The predicted molar refractivity (Wildman–Crippen MR) is 98.4 cm³/mol. The van der Waals surface area contributed by atoms with Crippen LogP contribution in [0, 0.1) is 11.6 Å². The molecular formula is C21H13F5N2O. The maximum absolute atomic E-state index is 14.7. The van der Waals surface area contributed by atoms with E-state index in [2.05, 4.69) is 0 Å². The number of carbonyl (C=O) groups is 1. The van der Waals surface area contributed by atoms with Gasteiger partial charge in [-0.05, 0) is 35.9 Å². The van der Waals surface area contributed by atoms with E-state index in [9.17, 15) is 26.7 Å². The summed E-state index contributed by atoms with van der Waals surface area (Å²) < 4.78 is 69.8. The van der Waals surface area contributed by atoms with Crippen LogP contribution in [-0.2, 0) is 12.7 Å². The molecular weight excluding hydrogens is 391 g/mol. The van der Waals surface area contributed by atoms with Crippen molar-refractivity contribution in [3.05, 3.63) is 82.9 Å². The minimum atomic E-state index is -4.78. The summed E-state index contributed by atoms with van der Waals surface area (Å²) in [6.07, 6.45) is -4.78. The smallest absolute Gasteiger partial charge is 0.366 e. The number of alkyl halides is 3. The van der Waals surface area contributed by atoms with E-state index in [4.69, 9.17) is 5.73 Å². The van der Waals surface area contributed by atoms with Crippen molar-refractivity contribution in [3.63, 3.8) is 0 Å². The lowest BCUT2D eigenvalue weighted by Gasteiger charge is -2.15. The van der Waals surface area contributed by atoms with Crippen LogP contribution in [0.25, 0.3) is 21.8 Å². The van der Waals surface area contributed by atoms with Crippen molar-refractivity contribution in [1.82, 2.24) is 4.57 Å². The molecule has 0 saturated heterocycles. The van der Waals surface area contributed by atoms with Gasteiger partial charge in [0.15, 0.2) is 0 Å². The molecule has 4 rings (SSSR count). The zero-order valence-electron chi connectivity index (χ0n) is 14.7. The Kier molecular flexibility index (Phi) is 4.29. The zero-order valence-corrected chi connectivity index (χ0v) is 14.7. The van der Waals surface area contributed by atoms with Crippen molar-refractivity contribution < 1.29 is 26.7 Å². The number of nitrogens with two attached hydrogens (primary N) is 1. The summed E-state index contributed by atoms with van der Waals surface area (Å²) in [5, 5.41) is 0.704. The number of rotatable bonds is 3. The number of hydrogen-bond donors (Lipinski definition) is 1. The Morgan fingerprint density at radius 2 is 1.72 bits per heavy atom. The molecule has 0 aliphatic heterocycles. The van der Waals surface area contributed by atoms with Crippen LogP contribution in [0.15, 0.2) is 54.6 Å². The monoisotopic (exact) mass is 404 g/mol. The fourth-order valence-electron chi connectivity index (χ4n) is 3.65. The van der Waals surface area contributed by atoms with Crippen molar-refractivity contribution in [1.29, 1.82) is 0 Å². The second-order valence-electron chi connectivity index (χ2n) is 6.59. The Labute approximate surface area is 161 Å². The van der Waals surface area contributed by atoms with E-state index in [1.54, 1.807) is 12.1 Å². The zero-order chi connectivity index (χ0) is 20.9. The third-order valence-electron chi connectivity index (χ3n) is 4.83. The van der Waals surface area contributed by atoms with Gasteiger partial charge in [0.2, 0.25) is 5.91 Å². The minimum absolute atomic E-state index is 0.0358. The quantitative estimate of drug-likeness (QED) is 0.467. The number of amides is 1. The van der Waals surface area contributed by atoms with E-state index < -0.39 is 29.3 Å². The molecule has 4 aromatic rings. The Balaban J connectivity index is 2.05. The van der Waals surface area contributed by atoms with E-state index in [1.807, 2.05) is 0 Å². The van der Waals surface area contributed by atoms with Crippen LogP contribution in [0.4, 0.5) is 22.0 Å². The number of aromatic nitrogens is 1. The van der Waals surface area contributed by atoms with Gasteiger partial charge >= 0.3 is 6.18 Å². The molecule has 3 nitrogen and oxygen atoms in total. The minimum Gasteiger partial charge on any atom is -0.366 e. The number of para-hydroxylation sites is 1. The molecule has 0 atom stereocenters. The van der Waals surface area contributed by atoms with Gasteiger partial charge in [0.25, 0.3) is 0 Å². The van der Waals surface area contributed by atoms with Crippen LogP contribution in [0.3, 0.4) is 0 Å². The van der Waals surface area contributed by atoms with Gasteiger partial charge in [-0.15, -0.1) is 0 Å². The van der Waals surface area contributed by atoms with Crippen LogP contribution >= 0.6 is 0 Å². The van der Waals surface area contributed by atoms with Crippen LogP contribution in [0.1, 0.15) is 21.5 Å². The van der Waals surface area contributed by atoms with E-state index in [1.165, 1.54) is 28.8 Å². The molecule has 0 radical (unpaired) electrons. The molecule has 0 spiro atoms. The largest absolute Gasteiger partial charge is 0.416 e. The molecule has 0 aliphatic rings. The van der Waals surface area contributed by atoms with Crippen LogP contribution in [-0.4, -0.2) is 10.5 Å². The fourth-order valence-corrected chi connectivity index (χ4v) is 3.65. The topological polar surface area (TPSA) is 48.0 Å². The van der Waals surface area contributed by atoms with E-state index in [0.717, 1.165) is 12.1 Å². The first kappa shape index (κ1) is 18.9. The molecule has 29 heavy (non-hydrogen) atoms. The number of hydrogen-bond acceptors (Lipinski definition) is 1. The van der Waals surface area contributed by atoms with Gasteiger partial charge in [-0.1, -0.05) is 24.3 Å². The molecule has 0 fully saturated rings. The highest BCUT2D eigenvalue weighted by Crippen LogP contribution is 2.37. The van der Waals surface area contributed by atoms with Gasteiger partial charge in [-0.3, -0.25) is 4.79 Å². The summed E-state index contributed by atoms with van der Waals surface area (Å²) in [6, 6.07) is 11.1. The van der Waals surface area contributed by atoms with Crippen LogP contribution in [0.2, 0.25) is 0 Å². The Morgan fingerprint density at radius 1 is 1.00 bits per heavy atom. The number of primary amides is 1. The number of halogens is 5.